The second-order valence-electron chi connectivity index (χ2n) is 3.81. The van der Waals surface area contributed by atoms with Crippen LogP contribution in [0.3, 0.4) is 0 Å². The van der Waals surface area contributed by atoms with Crippen LogP contribution in [0, 0.1) is 0 Å². The Morgan fingerprint density at radius 1 is 1.50 bits per heavy atom. The first-order valence-electron chi connectivity index (χ1n) is 4.92. The molecule has 0 radical (unpaired) electrons. The molecule has 1 heterocycles. The van der Waals surface area contributed by atoms with Crippen molar-refractivity contribution in [1.82, 2.24) is 10.3 Å². The summed E-state index contributed by atoms with van der Waals surface area (Å²) in [5.41, 5.74) is 1.07. The zero-order chi connectivity index (χ0) is 10.6. The van der Waals surface area contributed by atoms with E-state index in [0.29, 0.717) is 12.5 Å². The van der Waals surface area contributed by atoms with Gasteiger partial charge in [0.05, 0.1) is 16.8 Å². The molecular formula is C10H18N2OS. The first-order chi connectivity index (χ1) is 6.59. The van der Waals surface area contributed by atoms with Crippen LogP contribution < -0.4 is 5.32 Å². The van der Waals surface area contributed by atoms with Crippen LogP contribution in [-0.2, 0) is 6.54 Å². The average molecular weight is 214 g/mol. The quantitative estimate of drug-likeness (QED) is 0.784. The van der Waals surface area contributed by atoms with Crippen molar-refractivity contribution in [3.63, 3.8) is 0 Å². The monoisotopic (exact) mass is 214 g/mol. The predicted octanol–water partition coefficient (Wildman–Crippen LogP) is 1.74. The highest BCUT2D eigenvalue weighted by molar-refractivity contribution is 7.09. The maximum atomic E-state index is 9.04. The lowest BCUT2D eigenvalue weighted by Gasteiger charge is -2.04. The van der Waals surface area contributed by atoms with Gasteiger partial charge in [-0.15, -0.1) is 11.3 Å². The molecule has 0 saturated heterocycles. The predicted molar refractivity (Wildman–Crippen MR) is 59.6 cm³/mol. The number of hydrogen-bond donors (Lipinski definition) is 2. The molecule has 0 bridgehead atoms. The second-order valence-corrected chi connectivity index (χ2v) is 4.70. The zero-order valence-corrected chi connectivity index (χ0v) is 9.77. The molecule has 4 heteroatoms. The summed E-state index contributed by atoms with van der Waals surface area (Å²) in [4.78, 5) is 4.48. The molecule has 0 aliphatic heterocycles. The van der Waals surface area contributed by atoms with Crippen molar-refractivity contribution in [3.05, 3.63) is 16.1 Å². The molecule has 0 fully saturated rings. The van der Waals surface area contributed by atoms with E-state index in [1.54, 1.807) is 18.3 Å². The lowest BCUT2D eigenvalue weighted by molar-refractivity contribution is 0.191. The van der Waals surface area contributed by atoms with E-state index in [2.05, 4.69) is 29.5 Å². The third kappa shape index (κ3) is 3.74. The van der Waals surface area contributed by atoms with Crippen LogP contribution >= 0.6 is 11.3 Å². The average Bonchev–Trinajstić information content (AvgIpc) is 2.52. The van der Waals surface area contributed by atoms with Crippen molar-refractivity contribution in [2.45, 2.75) is 39.3 Å². The number of hydrogen-bond acceptors (Lipinski definition) is 4. The third-order valence-electron chi connectivity index (χ3n) is 1.81. The van der Waals surface area contributed by atoms with Crippen LogP contribution in [0.4, 0.5) is 0 Å². The summed E-state index contributed by atoms with van der Waals surface area (Å²) in [6.07, 6.45) is -0.293. The summed E-state index contributed by atoms with van der Waals surface area (Å²) in [5.74, 6) is 0.505. The lowest BCUT2D eigenvalue weighted by atomic mass is 10.2. The Bertz CT molecular complexity index is 271. The molecule has 0 amide bonds. The van der Waals surface area contributed by atoms with Gasteiger partial charge in [0.15, 0.2) is 0 Å². The number of nitrogens with one attached hydrogen (secondary N) is 1. The smallest absolute Gasteiger partial charge is 0.0954 e. The number of nitrogens with zero attached hydrogens (tertiary/aromatic N) is 1. The second kappa shape index (κ2) is 5.44. The van der Waals surface area contributed by atoms with Crippen LogP contribution in [-0.4, -0.2) is 22.7 Å². The normalized spacial score (nSPS) is 13.5. The first kappa shape index (κ1) is 11.6. The maximum absolute atomic E-state index is 9.04. The van der Waals surface area contributed by atoms with E-state index in [1.165, 1.54) is 5.01 Å². The van der Waals surface area contributed by atoms with Crippen LogP contribution in [0.1, 0.15) is 37.4 Å². The summed E-state index contributed by atoms with van der Waals surface area (Å²) in [6, 6.07) is 0. The van der Waals surface area contributed by atoms with Crippen molar-refractivity contribution in [2.24, 2.45) is 0 Å². The van der Waals surface area contributed by atoms with Crippen molar-refractivity contribution in [3.8, 4) is 0 Å². The number of rotatable bonds is 5. The lowest BCUT2D eigenvalue weighted by Crippen LogP contribution is -2.23. The van der Waals surface area contributed by atoms with Crippen LogP contribution in [0.2, 0.25) is 0 Å². The molecule has 1 rings (SSSR count). The first-order valence-corrected chi connectivity index (χ1v) is 5.80. The highest BCUT2D eigenvalue weighted by Crippen LogP contribution is 2.18. The molecule has 2 N–H and O–H groups in total. The summed E-state index contributed by atoms with van der Waals surface area (Å²) in [5, 5.41) is 15.4. The summed E-state index contributed by atoms with van der Waals surface area (Å²) < 4.78 is 0. The van der Waals surface area contributed by atoms with Gasteiger partial charge in [-0.05, 0) is 6.92 Å². The molecule has 0 aromatic carbocycles. The SMILES string of the molecule is CC(C)c1nc(CNC[C@@H](C)O)cs1. The van der Waals surface area contributed by atoms with Gasteiger partial charge in [-0.2, -0.15) is 0 Å². The molecule has 1 aromatic rings. The summed E-state index contributed by atoms with van der Waals surface area (Å²) >= 11 is 1.70. The molecule has 0 spiro atoms. The summed E-state index contributed by atoms with van der Waals surface area (Å²) in [7, 11) is 0. The van der Waals surface area contributed by atoms with Gasteiger partial charge < -0.3 is 10.4 Å². The van der Waals surface area contributed by atoms with Crippen molar-refractivity contribution in [1.29, 1.82) is 0 Å². The van der Waals surface area contributed by atoms with E-state index in [1.807, 2.05) is 0 Å². The third-order valence-corrected chi connectivity index (χ3v) is 3.00. The molecule has 14 heavy (non-hydrogen) atoms. The van der Waals surface area contributed by atoms with Crippen molar-refractivity contribution < 1.29 is 5.11 Å². The standard InChI is InChI=1S/C10H18N2OS/c1-7(2)10-12-9(6-14-10)5-11-4-8(3)13/h6-8,11,13H,4-5H2,1-3H3/t8-/m1/s1. The highest BCUT2D eigenvalue weighted by Gasteiger charge is 2.05. The van der Waals surface area contributed by atoms with Crippen LogP contribution in [0.15, 0.2) is 5.38 Å². The van der Waals surface area contributed by atoms with E-state index in [9.17, 15) is 0 Å². The van der Waals surface area contributed by atoms with Gasteiger partial charge in [-0.1, -0.05) is 13.8 Å². The van der Waals surface area contributed by atoms with E-state index < -0.39 is 0 Å². The summed E-state index contributed by atoms with van der Waals surface area (Å²) in [6.45, 7) is 7.42. The van der Waals surface area contributed by atoms with E-state index in [-0.39, 0.29) is 6.10 Å². The fraction of sp³-hybridized carbons (Fsp3) is 0.700. The Morgan fingerprint density at radius 2 is 2.21 bits per heavy atom. The largest absolute Gasteiger partial charge is 0.392 e. The van der Waals surface area contributed by atoms with Crippen LogP contribution in [0.25, 0.3) is 0 Å². The number of aliphatic hydroxyl groups is 1. The fourth-order valence-corrected chi connectivity index (χ4v) is 1.91. The van der Waals surface area contributed by atoms with Crippen molar-refractivity contribution >= 4 is 11.3 Å². The minimum atomic E-state index is -0.293. The van der Waals surface area contributed by atoms with E-state index in [4.69, 9.17) is 5.11 Å². The Morgan fingerprint density at radius 3 is 2.71 bits per heavy atom. The van der Waals surface area contributed by atoms with E-state index in [0.717, 1.165) is 12.2 Å². The molecule has 0 aliphatic rings. The fourth-order valence-electron chi connectivity index (χ4n) is 1.08. The molecule has 0 saturated carbocycles. The maximum Gasteiger partial charge on any atom is 0.0954 e. The molecule has 1 atom stereocenters. The van der Waals surface area contributed by atoms with Gasteiger partial charge in [0, 0.05) is 24.4 Å². The van der Waals surface area contributed by atoms with Crippen molar-refractivity contribution in [2.75, 3.05) is 6.54 Å². The molecule has 80 valence electrons. The Kier molecular flexibility index (Phi) is 4.51. The zero-order valence-electron chi connectivity index (χ0n) is 8.95. The van der Waals surface area contributed by atoms with Gasteiger partial charge in [-0.3, -0.25) is 0 Å². The molecule has 1 aromatic heterocycles. The van der Waals surface area contributed by atoms with Gasteiger partial charge in [-0.25, -0.2) is 4.98 Å². The minimum Gasteiger partial charge on any atom is -0.392 e. The minimum absolute atomic E-state index is 0.293. The molecule has 3 nitrogen and oxygen atoms in total. The molecule has 0 aliphatic carbocycles. The van der Waals surface area contributed by atoms with Gasteiger partial charge in [0.25, 0.3) is 0 Å². The Hall–Kier alpha value is -0.450. The Balaban J connectivity index is 2.36. The molecular weight excluding hydrogens is 196 g/mol. The topological polar surface area (TPSA) is 45.2 Å². The van der Waals surface area contributed by atoms with Gasteiger partial charge in [0.1, 0.15) is 0 Å². The van der Waals surface area contributed by atoms with E-state index >= 15 is 0 Å². The Labute approximate surface area is 89.2 Å². The molecule has 0 unspecified atom stereocenters. The number of aromatic nitrogens is 1. The number of thiazole rings is 1. The van der Waals surface area contributed by atoms with Gasteiger partial charge >= 0.3 is 0 Å². The highest BCUT2D eigenvalue weighted by atomic mass is 32.1. The number of aliphatic hydroxyl groups excluding tert-OH is 1. The van der Waals surface area contributed by atoms with Crippen LogP contribution in [0.5, 0.6) is 0 Å². The van der Waals surface area contributed by atoms with Gasteiger partial charge in [0.2, 0.25) is 0 Å².